The van der Waals surface area contributed by atoms with E-state index in [0.29, 0.717) is 18.8 Å². The molecule has 1 nitrogen and oxygen atoms in total. The SMILES string of the molecule is CCCCCCCCCCCCCCCCCCC1CCC(O)C(F)C1. The van der Waals surface area contributed by atoms with E-state index in [1.807, 2.05) is 0 Å². The molecule has 0 aromatic rings. The van der Waals surface area contributed by atoms with Crippen LogP contribution in [-0.4, -0.2) is 17.4 Å². The van der Waals surface area contributed by atoms with Crippen molar-refractivity contribution in [2.75, 3.05) is 0 Å². The molecule has 1 fully saturated rings. The Labute approximate surface area is 163 Å². The van der Waals surface area contributed by atoms with Crippen LogP contribution in [0.4, 0.5) is 4.39 Å². The zero-order valence-corrected chi connectivity index (χ0v) is 17.7. The zero-order chi connectivity index (χ0) is 18.9. The van der Waals surface area contributed by atoms with E-state index in [-0.39, 0.29) is 0 Å². The zero-order valence-electron chi connectivity index (χ0n) is 17.7. The van der Waals surface area contributed by atoms with Crippen molar-refractivity contribution in [3.8, 4) is 0 Å². The van der Waals surface area contributed by atoms with Crippen LogP contribution in [0, 0.1) is 5.92 Å². The quantitative estimate of drug-likeness (QED) is 0.256. The summed E-state index contributed by atoms with van der Waals surface area (Å²) in [6.45, 7) is 2.28. The van der Waals surface area contributed by atoms with Crippen LogP contribution in [0.5, 0.6) is 0 Å². The second kappa shape index (κ2) is 17.0. The van der Waals surface area contributed by atoms with E-state index in [1.54, 1.807) is 0 Å². The molecule has 0 aliphatic heterocycles. The highest BCUT2D eigenvalue weighted by atomic mass is 19.1. The number of rotatable bonds is 17. The molecule has 3 atom stereocenters. The summed E-state index contributed by atoms with van der Waals surface area (Å²) >= 11 is 0. The molecule has 0 saturated heterocycles. The summed E-state index contributed by atoms with van der Waals surface area (Å²) in [6, 6.07) is 0. The van der Waals surface area contributed by atoms with Crippen LogP contribution in [0.3, 0.4) is 0 Å². The monoisotopic (exact) mass is 370 g/mol. The minimum absolute atomic E-state index is 0.528. The maximum Gasteiger partial charge on any atom is 0.126 e. The van der Waals surface area contributed by atoms with Gasteiger partial charge in [0.05, 0.1) is 6.10 Å². The lowest BCUT2D eigenvalue weighted by molar-refractivity contribution is 0.0225. The fourth-order valence-electron chi connectivity index (χ4n) is 4.42. The number of hydrogen-bond donors (Lipinski definition) is 1. The van der Waals surface area contributed by atoms with E-state index in [4.69, 9.17) is 0 Å². The summed E-state index contributed by atoms with van der Waals surface area (Å²) in [7, 11) is 0. The van der Waals surface area contributed by atoms with Crippen LogP contribution in [0.25, 0.3) is 0 Å². The Morgan fingerprint density at radius 2 is 1.08 bits per heavy atom. The molecule has 3 unspecified atom stereocenters. The van der Waals surface area contributed by atoms with Gasteiger partial charge >= 0.3 is 0 Å². The molecule has 0 bridgehead atoms. The molecular formula is C24H47FO. The van der Waals surface area contributed by atoms with E-state index in [0.717, 1.165) is 6.42 Å². The van der Waals surface area contributed by atoms with Gasteiger partial charge in [-0.3, -0.25) is 0 Å². The Bertz CT molecular complexity index is 294. The average Bonchev–Trinajstić information content (AvgIpc) is 2.64. The number of aliphatic hydroxyl groups is 1. The van der Waals surface area contributed by atoms with Crippen LogP contribution in [0.2, 0.25) is 0 Å². The Balaban J connectivity index is 1.72. The van der Waals surface area contributed by atoms with Crippen molar-refractivity contribution in [2.45, 2.75) is 148 Å². The molecule has 1 aliphatic rings. The first-order valence-corrected chi connectivity index (χ1v) is 12.1. The van der Waals surface area contributed by atoms with E-state index in [9.17, 15) is 9.50 Å². The first kappa shape index (κ1) is 23.9. The summed E-state index contributed by atoms with van der Waals surface area (Å²) in [5.74, 6) is 0.528. The summed E-state index contributed by atoms with van der Waals surface area (Å²) in [4.78, 5) is 0. The first-order chi connectivity index (χ1) is 12.7. The Hall–Kier alpha value is -0.110. The molecule has 0 heterocycles. The predicted octanol–water partition coefficient (Wildman–Crippen LogP) is 8.14. The summed E-state index contributed by atoms with van der Waals surface area (Å²) < 4.78 is 13.5. The number of hydrogen-bond acceptors (Lipinski definition) is 1. The number of alkyl halides is 1. The molecule has 26 heavy (non-hydrogen) atoms. The van der Waals surface area contributed by atoms with Gasteiger partial charge in [0.1, 0.15) is 6.17 Å². The highest BCUT2D eigenvalue weighted by Gasteiger charge is 2.28. The number of halogens is 1. The Morgan fingerprint density at radius 1 is 0.654 bits per heavy atom. The van der Waals surface area contributed by atoms with E-state index in [1.165, 1.54) is 109 Å². The standard InChI is InChI=1S/C24H47FO/c1-2-3-4-5-6-7-8-9-10-11-12-13-14-15-16-17-18-22-19-20-24(26)23(25)21-22/h22-24,26H,2-21H2,1H3. The van der Waals surface area contributed by atoms with Crippen molar-refractivity contribution >= 4 is 0 Å². The Kier molecular flexibility index (Phi) is 15.7. The molecule has 0 spiro atoms. The van der Waals surface area contributed by atoms with Gasteiger partial charge in [-0.25, -0.2) is 4.39 Å². The van der Waals surface area contributed by atoms with Gasteiger partial charge in [0.25, 0.3) is 0 Å². The maximum absolute atomic E-state index is 13.5. The van der Waals surface area contributed by atoms with Crippen molar-refractivity contribution in [1.29, 1.82) is 0 Å². The molecule has 0 radical (unpaired) electrons. The topological polar surface area (TPSA) is 20.2 Å². The van der Waals surface area contributed by atoms with Crippen molar-refractivity contribution in [3.05, 3.63) is 0 Å². The second-order valence-corrected chi connectivity index (χ2v) is 8.85. The van der Waals surface area contributed by atoms with E-state index < -0.39 is 12.3 Å². The van der Waals surface area contributed by atoms with Gasteiger partial charge in [0, 0.05) is 0 Å². The van der Waals surface area contributed by atoms with Crippen molar-refractivity contribution in [1.82, 2.24) is 0 Å². The molecule has 0 aromatic heterocycles. The third-order valence-corrected chi connectivity index (χ3v) is 6.31. The lowest BCUT2D eigenvalue weighted by atomic mass is 9.83. The van der Waals surface area contributed by atoms with Gasteiger partial charge in [0.2, 0.25) is 0 Å². The first-order valence-electron chi connectivity index (χ1n) is 12.1. The van der Waals surface area contributed by atoms with Crippen molar-refractivity contribution < 1.29 is 9.50 Å². The van der Waals surface area contributed by atoms with Gasteiger partial charge < -0.3 is 5.11 Å². The summed E-state index contributed by atoms with van der Waals surface area (Å²) in [6.07, 6.45) is 24.3. The van der Waals surface area contributed by atoms with Crippen LogP contribution in [-0.2, 0) is 0 Å². The average molecular weight is 371 g/mol. The molecule has 2 heteroatoms. The lowest BCUT2D eigenvalue weighted by Gasteiger charge is -2.28. The fourth-order valence-corrected chi connectivity index (χ4v) is 4.42. The van der Waals surface area contributed by atoms with E-state index in [2.05, 4.69) is 6.92 Å². The van der Waals surface area contributed by atoms with Gasteiger partial charge in [0.15, 0.2) is 0 Å². The maximum atomic E-state index is 13.5. The summed E-state index contributed by atoms with van der Waals surface area (Å²) in [5, 5.41) is 9.43. The highest BCUT2D eigenvalue weighted by molar-refractivity contribution is 4.79. The highest BCUT2D eigenvalue weighted by Crippen LogP contribution is 2.30. The molecule has 0 aromatic carbocycles. The van der Waals surface area contributed by atoms with Crippen LogP contribution >= 0.6 is 0 Å². The number of aliphatic hydroxyl groups excluding tert-OH is 1. The molecule has 1 saturated carbocycles. The minimum Gasteiger partial charge on any atom is -0.390 e. The third-order valence-electron chi connectivity index (χ3n) is 6.31. The predicted molar refractivity (Wildman–Crippen MR) is 112 cm³/mol. The normalized spacial score (nSPS) is 23.4. The van der Waals surface area contributed by atoms with Gasteiger partial charge in [-0.2, -0.15) is 0 Å². The minimum atomic E-state index is -0.963. The van der Waals surface area contributed by atoms with Gasteiger partial charge in [-0.1, -0.05) is 116 Å². The van der Waals surface area contributed by atoms with Crippen molar-refractivity contribution in [2.24, 2.45) is 5.92 Å². The third kappa shape index (κ3) is 13.1. The smallest absolute Gasteiger partial charge is 0.126 e. The molecule has 1 N–H and O–H groups in total. The van der Waals surface area contributed by atoms with Crippen LogP contribution in [0.1, 0.15) is 135 Å². The largest absolute Gasteiger partial charge is 0.390 e. The second-order valence-electron chi connectivity index (χ2n) is 8.85. The van der Waals surface area contributed by atoms with Crippen LogP contribution < -0.4 is 0 Å². The van der Waals surface area contributed by atoms with Gasteiger partial charge in [-0.05, 0) is 25.2 Å². The molecule has 1 aliphatic carbocycles. The van der Waals surface area contributed by atoms with E-state index >= 15 is 0 Å². The molecule has 156 valence electrons. The lowest BCUT2D eigenvalue weighted by Crippen LogP contribution is -2.30. The molecule has 0 amide bonds. The van der Waals surface area contributed by atoms with Gasteiger partial charge in [-0.15, -0.1) is 0 Å². The fraction of sp³-hybridized carbons (Fsp3) is 1.00. The summed E-state index contributed by atoms with van der Waals surface area (Å²) in [5.41, 5.74) is 0. The number of unbranched alkanes of at least 4 members (excludes halogenated alkanes) is 15. The molecular weight excluding hydrogens is 323 g/mol. The van der Waals surface area contributed by atoms with Crippen LogP contribution in [0.15, 0.2) is 0 Å². The molecule has 1 rings (SSSR count). The Morgan fingerprint density at radius 3 is 1.50 bits per heavy atom. The van der Waals surface area contributed by atoms with Crippen molar-refractivity contribution in [3.63, 3.8) is 0 Å².